The van der Waals surface area contributed by atoms with Gasteiger partial charge >= 0.3 is 12.1 Å². The predicted octanol–water partition coefficient (Wildman–Crippen LogP) is 2.42. The Bertz CT molecular complexity index is 397. The van der Waals surface area contributed by atoms with Gasteiger partial charge in [0.2, 0.25) is 11.7 Å². The highest BCUT2D eigenvalue weighted by atomic mass is 19.4. The van der Waals surface area contributed by atoms with E-state index in [1.165, 1.54) is 0 Å². The summed E-state index contributed by atoms with van der Waals surface area (Å²) in [5.74, 6) is -4.26. The lowest BCUT2D eigenvalue weighted by atomic mass is 10.3. The average Bonchev–Trinajstić information content (AvgIpc) is 2.44. The third-order valence-corrected chi connectivity index (χ3v) is 1.45. The number of aromatic nitrogens is 1. The lowest BCUT2D eigenvalue weighted by Crippen LogP contribution is -2.11. The van der Waals surface area contributed by atoms with Crippen molar-refractivity contribution in [1.29, 1.82) is 0 Å². The molecule has 0 aliphatic rings. The number of carboxylic acid groups (broad SMARTS) is 1. The van der Waals surface area contributed by atoms with Crippen molar-refractivity contribution in [2.24, 2.45) is 0 Å². The zero-order valence-corrected chi connectivity index (χ0v) is 7.39. The summed E-state index contributed by atoms with van der Waals surface area (Å²) in [6, 6.07) is 0. The van der Waals surface area contributed by atoms with E-state index in [1.807, 2.05) is 0 Å². The van der Waals surface area contributed by atoms with Crippen LogP contribution in [0.5, 0.6) is 0 Å². The molecule has 0 atom stereocenters. The van der Waals surface area contributed by atoms with Crippen molar-refractivity contribution < 1.29 is 36.3 Å². The molecule has 0 unspecified atom stereocenters. The molecule has 0 spiro atoms. The number of hydrogen-bond acceptors (Lipinski definition) is 3. The summed E-state index contributed by atoms with van der Waals surface area (Å²) >= 11 is 0. The Morgan fingerprint density at radius 3 is 2.31 bits per heavy atom. The Kier molecular flexibility index (Phi) is 3.15. The van der Waals surface area contributed by atoms with Crippen molar-refractivity contribution >= 4 is 5.97 Å². The van der Waals surface area contributed by atoms with Crippen molar-refractivity contribution in [1.82, 2.24) is 4.98 Å². The van der Waals surface area contributed by atoms with Gasteiger partial charge in [0, 0.05) is 0 Å². The fourth-order valence-corrected chi connectivity index (χ4v) is 0.926. The summed E-state index contributed by atoms with van der Waals surface area (Å²) in [6.07, 6.45) is -9.71. The maximum atomic E-state index is 12.2. The maximum absolute atomic E-state index is 12.2. The molecular formula is C7H4F5NO3. The van der Waals surface area contributed by atoms with Crippen LogP contribution in [0, 0.1) is 0 Å². The topological polar surface area (TPSA) is 63.3 Å². The number of carboxylic acids is 1. The first-order chi connectivity index (χ1) is 7.20. The molecule has 1 heterocycles. The van der Waals surface area contributed by atoms with Crippen LogP contribution in [0.15, 0.2) is 4.42 Å². The molecule has 0 saturated heterocycles. The van der Waals surface area contributed by atoms with Crippen LogP contribution in [0.25, 0.3) is 0 Å². The van der Waals surface area contributed by atoms with Crippen molar-refractivity contribution in [3.63, 3.8) is 0 Å². The molecule has 0 amide bonds. The van der Waals surface area contributed by atoms with E-state index in [4.69, 9.17) is 5.11 Å². The highest BCUT2D eigenvalue weighted by molar-refractivity contribution is 5.85. The minimum absolute atomic E-state index is 1.10. The fourth-order valence-electron chi connectivity index (χ4n) is 0.926. The first kappa shape index (κ1) is 12.4. The Labute approximate surface area is 84.7 Å². The minimum atomic E-state index is -4.71. The van der Waals surface area contributed by atoms with Crippen LogP contribution in [0.1, 0.15) is 28.6 Å². The molecule has 9 heteroatoms. The van der Waals surface area contributed by atoms with Gasteiger partial charge in [-0.3, -0.25) is 0 Å². The Morgan fingerprint density at radius 1 is 1.44 bits per heavy atom. The van der Waals surface area contributed by atoms with Gasteiger partial charge in [0.05, 0.1) is 0 Å². The summed E-state index contributed by atoms with van der Waals surface area (Å²) in [6.45, 7) is 0. The number of alkyl halides is 5. The van der Waals surface area contributed by atoms with Crippen molar-refractivity contribution in [2.75, 3.05) is 0 Å². The highest BCUT2D eigenvalue weighted by Crippen LogP contribution is 2.27. The molecule has 1 aromatic rings. The van der Waals surface area contributed by atoms with Crippen molar-refractivity contribution in [3.8, 4) is 0 Å². The number of rotatable bonds is 3. The second kappa shape index (κ2) is 4.06. The first-order valence-corrected chi connectivity index (χ1v) is 3.78. The van der Waals surface area contributed by atoms with Crippen LogP contribution in [-0.2, 0) is 6.42 Å². The molecule has 0 saturated carbocycles. The van der Waals surface area contributed by atoms with E-state index in [-0.39, 0.29) is 0 Å². The molecule has 0 radical (unpaired) electrons. The number of oxazole rings is 1. The third-order valence-electron chi connectivity index (χ3n) is 1.45. The van der Waals surface area contributed by atoms with E-state index in [0.29, 0.717) is 0 Å². The highest BCUT2D eigenvalue weighted by Gasteiger charge is 2.34. The Balaban J connectivity index is 3.07. The standard InChI is InChI=1S/C7H4F5NO3/c8-5(9)3-4(6(14)15)16-2(13-3)1-7(10,11)12/h5H,1H2,(H,14,15). The molecule has 90 valence electrons. The van der Waals surface area contributed by atoms with Crippen LogP contribution in [0.3, 0.4) is 0 Å². The van der Waals surface area contributed by atoms with Crippen molar-refractivity contribution in [3.05, 3.63) is 17.3 Å². The molecule has 0 aliphatic heterocycles. The predicted molar refractivity (Wildman–Crippen MR) is 38.2 cm³/mol. The molecule has 0 aliphatic carbocycles. The zero-order valence-electron chi connectivity index (χ0n) is 7.39. The lowest BCUT2D eigenvalue weighted by Gasteiger charge is -2.00. The van der Waals surface area contributed by atoms with Crippen LogP contribution in [0.4, 0.5) is 22.0 Å². The van der Waals surface area contributed by atoms with Gasteiger partial charge in [-0.05, 0) is 0 Å². The average molecular weight is 245 g/mol. The van der Waals surface area contributed by atoms with E-state index >= 15 is 0 Å². The van der Waals surface area contributed by atoms with Crippen LogP contribution >= 0.6 is 0 Å². The summed E-state index contributed by atoms with van der Waals surface area (Å²) in [7, 11) is 0. The van der Waals surface area contributed by atoms with Crippen molar-refractivity contribution in [2.45, 2.75) is 19.0 Å². The van der Waals surface area contributed by atoms with Gasteiger partial charge < -0.3 is 9.52 Å². The van der Waals surface area contributed by atoms with Gasteiger partial charge in [-0.1, -0.05) is 0 Å². The Morgan fingerprint density at radius 2 is 2.00 bits per heavy atom. The van der Waals surface area contributed by atoms with Crippen LogP contribution in [0.2, 0.25) is 0 Å². The normalized spacial score (nSPS) is 12.1. The summed E-state index contributed by atoms with van der Waals surface area (Å²) < 4.78 is 64.0. The smallest absolute Gasteiger partial charge is 0.397 e. The molecule has 0 bridgehead atoms. The monoisotopic (exact) mass is 245 g/mol. The fraction of sp³-hybridized carbons (Fsp3) is 0.429. The zero-order chi connectivity index (χ0) is 12.5. The van der Waals surface area contributed by atoms with E-state index in [2.05, 4.69) is 9.40 Å². The van der Waals surface area contributed by atoms with E-state index in [1.54, 1.807) is 0 Å². The molecular weight excluding hydrogens is 241 g/mol. The van der Waals surface area contributed by atoms with Gasteiger partial charge in [0.25, 0.3) is 6.43 Å². The first-order valence-electron chi connectivity index (χ1n) is 3.78. The maximum Gasteiger partial charge on any atom is 0.397 e. The molecule has 0 fully saturated rings. The third kappa shape index (κ3) is 2.91. The number of nitrogens with zero attached hydrogens (tertiary/aromatic N) is 1. The number of carbonyl (C=O) groups is 1. The number of hydrogen-bond donors (Lipinski definition) is 1. The summed E-state index contributed by atoms with van der Waals surface area (Å²) in [5, 5.41) is 8.38. The van der Waals surface area contributed by atoms with E-state index in [9.17, 15) is 26.7 Å². The Hall–Kier alpha value is -1.67. The summed E-state index contributed by atoms with van der Waals surface area (Å²) in [5.41, 5.74) is -1.30. The van der Waals surface area contributed by atoms with Crippen LogP contribution in [-0.4, -0.2) is 22.2 Å². The molecule has 1 aromatic heterocycles. The quantitative estimate of drug-likeness (QED) is 0.830. The minimum Gasteiger partial charge on any atom is -0.475 e. The lowest BCUT2D eigenvalue weighted by molar-refractivity contribution is -0.130. The molecule has 4 nitrogen and oxygen atoms in total. The second-order valence-electron chi connectivity index (χ2n) is 2.72. The van der Waals surface area contributed by atoms with Gasteiger partial charge in [0.15, 0.2) is 5.69 Å². The van der Waals surface area contributed by atoms with Gasteiger partial charge in [-0.25, -0.2) is 18.6 Å². The molecule has 1 N–H and O–H groups in total. The second-order valence-corrected chi connectivity index (χ2v) is 2.72. The summed E-state index contributed by atoms with van der Waals surface area (Å²) in [4.78, 5) is 13.2. The molecule has 1 rings (SSSR count). The van der Waals surface area contributed by atoms with Gasteiger partial charge in [-0.2, -0.15) is 13.2 Å². The van der Waals surface area contributed by atoms with Gasteiger partial charge in [0.1, 0.15) is 6.42 Å². The SMILES string of the molecule is O=C(O)c1oc(CC(F)(F)F)nc1C(F)F. The number of aromatic carboxylic acids is 1. The number of halogens is 5. The largest absolute Gasteiger partial charge is 0.475 e. The van der Waals surface area contributed by atoms with Gasteiger partial charge in [-0.15, -0.1) is 0 Å². The van der Waals surface area contributed by atoms with Crippen LogP contribution < -0.4 is 0 Å². The van der Waals surface area contributed by atoms with E-state index < -0.39 is 42.3 Å². The molecule has 16 heavy (non-hydrogen) atoms. The van der Waals surface area contributed by atoms with E-state index in [0.717, 1.165) is 0 Å². The molecule has 0 aromatic carbocycles.